The average Bonchev–Trinajstić information content (AvgIpc) is 1.90. The van der Waals surface area contributed by atoms with Gasteiger partial charge >= 0.3 is 0 Å². The van der Waals surface area contributed by atoms with Gasteiger partial charge in [0, 0.05) is 10.2 Å². The fourth-order valence-corrected chi connectivity index (χ4v) is 2.68. The molecule has 0 nitrogen and oxygen atoms in total. The van der Waals surface area contributed by atoms with Gasteiger partial charge in [-0.3, -0.25) is 0 Å². The van der Waals surface area contributed by atoms with Crippen LogP contribution in [0.1, 0.15) is 38.5 Å². The van der Waals surface area contributed by atoms with Crippen LogP contribution in [0.15, 0.2) is 0 Å². The molecule has 0 saturated heterocycles. The number of hydrogen-bond donors (Lipinski definition) is 0. The predicted octanol–water partition coefficient (Wildman–Crippen LogP) is 2.30. The van der Waals surface area contributed by atoms with Crippen molar-refractivity contribution in [2.45, 2.75) is 43.6 Å². The van der Waals surface area contributed by atoms with Gasteiger partial charge in [0.05, 0.1) is 0 Å². The van der Waals surface area contributed by atoms with E-state index in [1.807, 2.05) is 0 Å². The van der Waals surface area contributed by atoms with Gasteiger partial charge in [0.1, 0.15) is 0 Å². The Balaban J connectivity index is 2.11. The van der Waals surface area contributed by atoms with Gasteiger partial charge < -0.3 is 0 Å². The highest BCUT2D eigenvalue weighted by Crippen LogP contribution is 2.52. The van der Waals surface area contributed by atoms with Crippen molar-refractivity contribution >= 4 is 10.2 Å². The molecule has 9 heavy (non-hydrogen) atoms. The Morgan fingerprint density at radius 2 is 1.44 bits per heavy atom. The summed E-state index contributed by atoms with van der Waals surface area (Å²) in [5.74, 6) is 1.10. The van der Waals surface area contributed by atoms with Crippen molar-refractivity contribution in [2.24, 2.45) is 5.92 Å². The van der Waals surface area contributed by atoms with E-state index in [1.54, 1.807) is 0 Å². The van der Waals surface area contributed by atoms with E-state index < -0.39 is 0 Å². The van der Waals surface area contributed by atoms with E-state index in [1.165, 1.54) is 38.5 Å². The monoisotopic (exact) mass is 137 g/mol. The lowest BCUT2D eigenvalue weighted by atomic mass is 9.70. The number of fused-ring (bicyclic) bond motifs is 3. The predicted molar refractivity (Wildman–Crippen MR) is 39.6 cm³/mol. The lowest BCUT2D eigenvalue weighted by Gasteiger charge is -2.44. The van der Waals surface area contributed by atoms with E-state index in [2.05, 4.69) is 10.2 Å². The molecule has 0 N–H and O–H groups in total. The second-order valence-electron chi connectivity index (χ2n) is 3.76. The molecule has 0 aromatic rings. The van der Waals surface area contributed by atoms with Crippen molar-refractivity contribution in [1.82, 2.24) is 0 Å². The fourth-order valence-electron chi connectivity index (χ4n) is 2.25. The third kappa shape index (κ3) is 0.957. The molecule has 3 fully saturated rings. The Morgan fingerprint density at radius 1 is 1.00 bits per heavy atom. The lowest BCUT2D eigenvalue weighted by molar-refractivity contribution is 0.190. The van der Waals surface area contributed by atoms with Gasteiger partial charge in [-0.15, -0.1) is 0 Å². The summed E-state index contributed by atoms with van der Waals surface area (Å²) in [5, 5.41) is 0.592. The van der Waals surface area contributed by atoms with E-state index >= 15 is 0 Å². The number of hydrogen-bond acceptors (Lipinski definition) is 0. The first-order chi connectivity index (χ1) is 4.29. The molecule has 2 bridgehead atoms. The summed E-state index contributed by atoms with van der Waals surface area (Å²) >= 11 is 0. The Kier molecular flexibility index (Phi) is 1.22. The van der Waals surface area contributed by atoms with Gasteiger partial charge in [0.25, 0.3) is 0 Å². The molecule has 0 aromatic carbocycles. The summed E-state index contributed by atoms with van der Waals surface area (Å²) < 4.78 is 0. The average molecular weight is 137 g/mol. The van der Waals surface area contributed by atoms with Gasteiger partial charge in [-0.25, -0.2) is 0 Å². The van der Waals surface area contributed by atoms with Gasteiger partial charge in [-0.1, -0.05) is 38.5 Å². The van der Waals surface area contributed by atoms with E-state index in [0.717, 1.165) is 5.92 Å². The van der Waals surface area contributed by atoms with Crippen molar-refractivity contribution in [2.75, 3.05) is 0 Å². The van der Waals surface area contributed by atoms with E-state index in [0.29, 0.717) is 5.04 Å². The quantitative estimate of drug-likeness (QED) is 0.449. The summed E-state index contributed by atoms with van der Waals surface area (Å²) in [6.07, 6.45) is 8.79. The molecule has 0 spiro atoms. The van der Waals surface area contributed by atoms with Crippen molar-refractivity contribution in [3.05, 3.63) is 0 Å². The highest BCUT2D eigenvalue weighted by Gasteiger charge is 2.36. The minimum Gasteiger partial charge on any atom is -0.0505 e. The molecule has 0 aliphatic heterocycles. The van der Waals surface area contributed by atoms with Crippen LogP contribution >= 0.6 is 0 Å². The molecule has 3 aliphatic carbocycles. The molecular formula is C8H13Si. The molecule has 3 radical (unpaired) electrons. The van der Waals surface area contributed by atoms with Gasteiger partial charge in [-0.05, 0) is 11.0 Å². The van der Waals surface area contributed by atoms with Crippen molar-refractivity contribution < 1.29 is 0 Å². The topological polar surface area (TPSA) is 0 Å². The van der Waals surface area contributed by atoms with Crippen molar-refractivity contribution in [3.8, 4) is 0 Å². The van der Waals surface area contributed by atoms with E-state index in [9.17, 15) is 0 Å². The number of rotatable bonds is 0. The summed E-state index contributed by atoms with van der Waals surface area (Å²) in [6.45, 7) is 0. The normalized spacial score (nSPS) is 49.7. The molecule has 0 heterocycles. The smallest absolute Gasteiger partial charge is 0.0313 e. The summed E-state index contributed by atoms with van der Waals surface area (Å²) in [6, 6.07) is 0. The summed E-state index contributed by atoms with van der Waals surface area (Å²) in [4.78, 5) is 0. The first-order valence-electron chi connectivity index (χ1n) is 4.04. The molecule has 0 unspecified atom stereocenters. The van der Waals surface area contributed by atoms with E-state index in [4.69, 9.17) is 0 Å². The van der Waals surface area contributed by atoms with Crippen molar-refractivity contribution in [1.29, 1.82) is 0 Å². The largest absolute Gasteiger partial charge is 0.0505 e. The van der Waals surface area contributed by atoms with Crippen LogP contribution in [-0.4, -0.2) is 10.2 Å². The Bertz CT molecular complexity index is 98.0. The van der Waals surface area contributed by atoms with Gasteiger partial charge in [0.15, 0.2) is 0 Å². The standard InChI is InChI=1S/C8H13Si/c9-8-4-1-7(2-5-8)3-6-8/h7H,1-6H2. The minimum absolute atomic E-state index is 0.592. The summed E-state index contributed by atoms with van der Waals surface area (Å²) in [5.41, 5.74) is 0. The van der Waals surface area contributed by atoms with Crippen molar-refractivity contribution in [3.63, 3.8) is 0 Å². The van der Waals surface area contributed by atoms with Crippen LogP contribution in [0.4, 0.5) is 0 Å². The maximum atomic E-state index is 3.88. The molecule has 0 atom stereocenters. The van der Waals surface area contributed by atoms with Gasteiger partial charge in [0.2, 0.25) is 0 Å². The Hall–Kier alpha value is 0.217. The van der Waals surface area contributed by atoms with E-state index in [-0.39, 0.29) is 0 Å². The highest BCUT2D eigenvalue weighted by molar-refractivity contribution is 6.15. The second kappa shape index (κ2) is 1.85. The Morgan fingerprint density at radius 3 is 1.67 bits per heavy atom. The second-order valence-corrected chi connectivity index (χ2v) is 4.82. The van der Waals surface area contributed by atoms with Crippen LogP contribution < -0.4 is 0 Å². The first-order valence-corrected chi connectivity index (χ1v) is 4.54. The highest BCUT2D eigenvalue weighted by atomic mass is 28.1. The maximum Gasteiger partial charge on any atom is 0.0313 e. The third-order valence-electron chi connectivity index (χ3n) is 3.09. The molecular weight excluding hydrogens is 124 g/mol. The zero-order valence-corrected chi connectivity index (χ0v) is 6.82. The van der Waals surface area contributed by atoms with Crippen LogP contribution in [0.2, 0.25) is 5.04 Å². The third-order valence-corrected chi connectivity index (χ3v) is 3.84. The molecule has 3 aliphatic rings. The molecule has 1 heteroatoms. The molecule has 3 rings (SSSR count). The maximum absolute atomic E-state index is 3.88. The molecule has 49 valence electrons. The molecule has 0 aromatic heterocycles. The van der Waals surface area contributed by atoms with Crippen LogP contribution in [0.5, 0.6) is 0 Å². The fraction of sp³-hybridized carbons (Fsp3) is 1.00. The molecule has 3 saturated carbocycles. The lowest BCUT2D eigenvalue weighted by Crippen LogP contribution is -2.28. The van der Waals surface area contributed by atoms with Crippen LogP contribution in [0.25, 0.3) is 0 Å². The zero-order valence-electron chi connectivity index (χ0n) is 5.82. The van der Waals surface area contributed by atoms with Gasteiger partial charge in [-0.2, -0.15) is 0 Å². The molecule has 0 amide bonds. The SMILES string of the molecule is [Si]C12CCC(CC1)CC2. The first kappa shape index (κ1) is 5.96. The van der Waals surface area contributed by atoms with Crippen LogP contribution in [-0.2, 0) is 0 Å². The summed E-state index contributed by atoms with van der Waals surface area (Å²) in [7, 11) is 3.88. The zero-order chi connectivity index (χ0) is 6.32. The minimum atomic E-state index is 0.592. The van der Waals surface area contributed by atoms with Crippen LogP contribution in [0.3, 0.4) is 0 Å². The van der Waals surface area contributed by atoms with Crippen LogP contribution in [0, 0.1) is 5.92 Å². The Labute approximate surface area is 60.5 Å².